The molecule has 5 nitrogen and oxygen atoms in total. The fourth-order valence-corrected chi connectivity index (χ4v) is 2.78. The normalized spacial score (nSPS) is 19.4. The Morgan fingerprint density at radius 2 is 2.22 bits per heavy atom. The van der Waals surface area contributed by atoms with Crippen molar-refractivity contribution in [2.45, 2.75) is 12.5 Å². The molecule has 1 saturated heterocycles. The highest BCUT2D eigenvalue weighted by atomic mass is 127. The van der Waals surface area contributed by atoms with E-state index in [9.17, 15) is 0 Å². The molecule has 0 saturated carbocycles. The van der Waals surface area contributed by atoms with Crippen molar-refractivity contribution in [1.29, 1.82) is 0 Å². The Bertz CT molecular complexity index is 553. The number of nitrogens with two attached hydrogens (primary N) is 1. The molecule has 1 fully saturated rings. The number of aromatic amines is 1. The minimum atomic E-state index is 0.240. The van der Waals surface area contributed by atoms with E-state index >= 15 is 0 Å². The van der Waals surface area contributed by atoms with Crippen molar-refractivity contribution in [2.75, 3.05) is 18.0 Å². The van der Waals surface area contributed by atoms with Gasteiger partial charge in [-0.05, 0) is 35.1 Å². The molecule has 1 aromatic heterocycles. The van der Waals surface area contributed by atoms with Crippen molar-refractivity contribution >= 4 is 28.5 Å². The highest BCUT2D eigenvalue weighted by molar-refractivity contribution is 14.1. The van der Waals surface area contributed by atoms with Gasteiger partial charge < -0.3 is 10.6 Å². The summed E-state index contributed by atoms with van der Waals surface area (Å²) >= 11 is 2.30. The highest BCUT2D eigenvalue weighted by Crippen LogP contribution is 2.24. The Morgan fingerprint density at radius 1 is 1.39 bits per heavy atom. The lowest BCUT2D eigenvalue weighted by Crippen LogP contribution is -2.26. The Balaban J connectivity index is 1.88. The topological polar surface area (TPSA) is 70.8 Å². The van der Waals surface area contributed by atoms with Crippen LogP contribution >= 0.6 is 22.6 Å². The molecule has 1 aliphatic heterocycles. The van der Waals surface area contributed by atoms with Gasteiger partial charge in [0.05, 0.1) is 0 Å². The van der Waals surface area contributed by atoms with E-state index in [1.165, 1.54) is 0 Å². The van der Waals surface area contributed by atoms with Gasteiger partial charge in [0.1, 0.15) is 0 Å². The van der Waals surface area contributed by atoms with Gasteiger partial charge in [0, 0.05) is 28.3 Å². The van der Waals surface area contributed by atoms with E-state index in [1.807, 2.05) is 18.2 Å². The first-order valence-electron chi connectivity index (χ1n) is 5.92. The molecule has 1 aliphatic rings. The number of anilines is 1. The van der Waals surface area contributed by atoms with E-state index in [4.69, 9.17) is 5.73 Å². The number of aromatic nitrogens is 3. The highest BCUT2D eigenvalue weighted by Gasteiger charge is 2.22. The van der Waals surface area contributed by atoms with Crippen LogP contribution in [-0.4, -0.2) is 34.3 Å². The van der Waals surface area contributed by atoms with Gasteiger partial charge in [-0.2, -0.15) is 4.98 Å². The van der Waals surface area contributed by atoms with Crippen molar-refractivity contribution in [3.63, 3.8) is 0 Å². The van der Waals surface area contributed by atoms with Gasteiger partial charge in [-0.1, -0.05) is 18.2 Å². The second-order valence-corrected chi connectivity index (χ2v) is 5.62. The fourth-order valence-electron chi connectivity index (χ4n) is 2.14. The largest absolute Gasteiger partial charge is 0.338 e. The van der Waals surface area contributed by atoms with Crippen LogP contribution in [0.15, 0.2) is 24.3 Å². The molecule has 94 valence electrons. The molecule has 6 heteroatoms. The Kier molecular flexibility index (Phi) is 3.21. The minimum absolute atomic E-state index is 0.240. The molecule has 0 aliphatic carbocycles. The van der Waals surface area contributed by atoms with Crippen molar-refractivity contribution in [3.8, 4) is 11.4 Å². The first kappa shape index (κ1) is 11.9. The number of benzene rings is 1. The molecule has 0 bridgehead atoms. The third kappa shape index (κ3) is 2.22. The smallest absolute Gasteiger partial charge is 0.245 e. The summed E-state index contributed by atoms with van der Waals surface area (Å²) in [6.07, 6.45) is 1.01. The zero-order chi connectivity index (χ0) is 12.5. The number of nitrogens with zero attached hydrogens (tertiary/aromatic N) is 3. The van der Waals surface area contributed by atoms with Crippen LogP contribution in [0.2, 0.25) is 0 Å². The molecule has 3 rings (SSSR count). The number of H-pyrrole nitrogens is 1. The summed E-state index contributed by atoms with van der Waals surface area (Å²) in [6, 6.07) is 8.36. The van der Waals surface area contributed by atoms with E-state index < -0.39 is 0 Å². The number of hydrogen-bond acceptors (Lipinski definition) is 4. The molecule has 18 heavy (non-hydrogen) atoms. The zero-order valence-corrected chi connectivity index (χ0v) is 12.0. The lowest BCUT2D eigenvalue weighted by molar-refractivity contribution is 0.750. The van der Waals surface area contributed by atoms with Crippen LogP contribution < -0.4 is 10.6 Å². The number of nitrogens with one attached hydrogen (secondary N) is 1. The Labute approximate surface area is 119 Å². The first-order chi connectivity index (χ1) is 8.74. The molecule has 1 aromatic carbocycles. The van der Waals surface area contributed by atoms with Crippen molar-refractivity contribution in [3.05, 3.63) is 27.8 Å². The Hall–Kier alpha value is -1.15. The van der Waals surface area contributed by atoms with Gasteiger partial charge in [-0.25, -0.2) is 0 Å². The second-order valence-electron chi connectivity index (χ2n) is 4.46. The van der Waals surface area contributed by atoms with Crippen LogP contribution in [0, 0.1) is 3.57 Å². The van der Waals surface area contributed by atoms with Gasteiger partial charge in [0.25, 0.3) is 0 Å². The summed E-state index contributed by atoms with van der Waals surface area (Å²) in [5.74, 6) is 1.56. The predicted molar refractivity (Wildman–Crippen MR) is 79.3 cm³/mol. The molecular weight excluding hydrogens is 341 g/mol. The van der Waals surface area contributed by atoms with E-state index in [2.05, 4.69) is 48.7 Å². The average molecular weight is 355 g/mol. The molecular formula is C12H14IN5. The molecule has 3 N–H and O–H groups in total. The minimum Gasteiger partial charge on any atom is -0.338 e. The van der Waals surface area contributed by atoms with Gasteiger partial charge in [0.2, 0.25) is 5.95 Å². The molecule has 1 atom stereocenters. The number of halogens is 1. The maximum Gasteiger partial charge on any atom is 0.245 e. The summed E-state index contributed by atoms with van der Waals surface area (Å²) in [5, 5.41) is 7.29. The third-order valence-corrected chi connectivity index (χ3v) is 4.05. The van der Waals surface area contributed by atoms with Crippen LogP contribution in [0.25, 0.3) is 11.4 Å². The van der Waals surface area contributed by atoms with E-state index in [0.717, 1.165) is 40.4 Å². The summed E-state index contributed by atoms with van der Waals surface area (Å²) in [7, 11) is 0. The third-order valence-electron chi connectivity index (χ3n) is 3.11. The summed E-state index contributed by atoms with van der Waals surface area (Å²) in [6.45, 7) is 1.77. The molecule has 0 spiro atoms. The molecule has 2 aromatic rings. The number of hydrogen-bond donors (Lipinski definition) is 2. The van der Waals surface area contributed by atoms with Crippen LogP contribution in [0.1, 0.15) is 6.42 Å². The monoisotopic (exact) mass is 355 g/mol. The van der Waals surface area contributed by atoms with Gasteiger partial charge in [-0.15, -0.1) is 5.10 Å². The van der Waals surface area contributed by atoms with Gasteiger partial charge in [0.15, 0.2) is 5.82 Å². The quantitative estimate of drug-likeness (QED) is 0.804. The molecule has 2 heterocycles. The lowest BCUT2D eigenvalue weighted by Gasteiger charge is -2.11. The average Bonchev–Trinajstić information content (AvgIpc) is 2.98. The maximum absolute atomic E-state index is 5.90. The van der Waals surface area contributed by atoms with Gasteiger partial charge in [-0.3, -0.25) is 5.10 Å². The SMILES string of the molecule is NC1CCN(c2n[nH]c(-c3ccccc3I)n2)C1. The maximum atomic E-state index is 5.90. The molecule has 0 amide bonds. The fraction of sp³-hybridized carbons (Fsp3) is 0.333. The predicted octanol–water partition coefficient (Wildman–Crippen LogP) is 1.61. The van der Waals surface area contributed by atoms with Crippen LogP contribution in [0.4, 0.5) is 5.95 Å². The first-order valence-corrected chi connectivity index (χ1v) is 7.00. The Morgan fingerprint density at radius 3 is 2.94 bits per heavy atom. The zero-order valence-electron chi connectivity index (χ0n) is 9.81. The van der Waals surface area contributed by atoms with Crippen molar-refractivity contribution < 1.29 is 0 Å². The summed E-state index contributed by atoms with van der Waals surface area (Å²) in [4.78, 5) is 6.68. The summed E-state index contributed by atoms with van der Waals surface area (Å²) in [5.41, 5.74) is 6.98. The van der Waals surface area contributed by atoms with Crippen LogP contribution in [0.5, 0.6) is 0 Å². The van der Waals surface area contributed by atoms with Crippen molar-refractivity contribution in [2.24, 2.45) is 5.73 Å². The van der Waals surface area contributed by atoms with Crippen LogP contribution in [-0.2, 0) is 0 Å². The second kappa shape index (κ2) is 4.85. The number of rotatable bonds is 2. The van der Waals surface area contributed by atoms with E-state index in [0.29, 0.717) is 0 Å². The van der Waals surface area contributed by atoms with E-state index in [-0.39, 0.29) is 6.04 Å². The molecule has 0 radical (unpaired) electrons. The van der Waals surface area contributed by atoms with Crippen molar-refractivity contribution in [1.82, 2.24) is 15.2 Å². The lowest BCUT2D eigenvalue weighted by atomic mass is 10.2. The summed E-state index contributed by atoms with van der Waals surface area (Å²) < 4.78 is 1.16. The van der Waals surface area contributed by atoms with Crippen LogP contribution in [0.3, 0.4) is 0 Å². The van der Waals surface area contributed by atoms with Gasteiger partial charge >= 0.3 is 0 Å². The standard InChI is InChI=1S/C12H14IN5/c13-10-4-2-1-3-9(10)11-15-12(17-16-11)18-6-5-8(14)7-18/h1-4,8H,5-7,14H2,(H,15,16,17). The van der Waals surface area contributed by atoms with E-state index in [1.54, 1.807) is 0 Å². The molecule has 1 unspecified atom stereocenters.